The number of aromatic nitrogens is 1. The van der Waals surface area contributed by atoms with Crippen molar-refractivity contribution in [3.8, 4) is 0 Å². The molecule has 0 saturated heterocycles. The Kier molecular flexibility index (Phi) is 4.93. The molecule has 116 valence electrons. The number of amides is 1. The van der Waals surface area contributed by atoms with Gasteiger partial charge < -0.3 is 14.6 Å². The van der Waals surface area contributed by atoms with E-state index in [9.17, 15) is 9.59 Å². The van der Waals surface area contributed by atoms with E-state index >= 15 is 0 Å². The number of carbonyl (C=O) groups excluding carboxylic acids is 2. The average Bonchev–Trinajstić information content (AvgIpc) is 2.89. The molecule has 0 aliphatic heterocycles. The van der Waals surface area contributed by atoms with Crippen molar-refractivity contribution in [3.05, 3.63) is 47.2 Å². The van der Waals surface area contributed by atoms with Crippen LogP contribution in [-0.2, 0) is 9.53 Å². The number of hydrogen-bond donors (Lipinski definition) is 1. The Morgan fingerprint density at radius 1 is 1.32 bits per heavy atom. The molecule has 0 aliphatic rings. The molecule has 6 nitrogen and oxygen atoms in total. The van der Waals surface area contributed by atoms with Crippen LogP contribution in [0.15, 0.2) is 34.9 Å². The van der Waals surface area contributed by atoms with Crippen molar-refractivity contribution in [2.24, 2.45) is 0 Å². The number of ether oxygens (including phenoxy) is 1. The Morgan fingerprint density at radius 3 is 2.68 bits per heavy atom. The molecule has 0 radical (unpaired) electrons. The molecule has 0 spiro atoms. The zero-order valence-corrected chi connectivity index (χ0v) is 12.8. The first-order valence-electron chi connectivity index (χ1n) is 7.01. The van der Waals surface area contributed by atoms with E-state index in [0.29, 0.717) is 23.6 Å². The van der Waals surface area contributed by atoms with Crippen molar-refractivity contribution in [3.63, 3.8) is 0 Å². The zero-order chi connectivity index (χ0) is 16.1. The molecule has 22 heavy (non-hydrogen) atoms. The summed E-state index contributed by atoms with van der Waals surface area (Å²) >= 11 is 0. The molecule has 0 fully saturated rings. The van der Waals surface area contributed by atoms with Gasteiger partial charge in [-0.1, -0.05) is 29.8 Å². The summed E-state index contributed by atoms with van der Waals surface area (Å²) in [6.45, 7) is 5.37. The maximum atomic E-state index is 12.1. The van der Waals surface area contributed by atoms with Gasteiger partial charge in [0.2, 0.25) is 0 Å². The third kappa shape index (κ3) is 3.94. The van der Waals surface area contributed by atoms with Crippen LogP contribution in [0, 0.1) is 13.8 Å². The number of esters is 1. The fourth-order valence-corrected chi connectivity index (χ4v) is 1.92. The van der Waals surface area contributed by atoms with Crippen LogP contribution in [0.5, 0.6) is 0 Å². The summed E-state index contributed by atoms with van der Waals surface area (Å²) in [4.78, 5) is 24.2. The minimum atomic E-state index is -0.884. The van der Waals surface area contributed by atoms with Gasteiger partial charge in [0.05, 0.1) is 5.56 Å². The summed E-state index contributed by atoms with van der Waals surface area (Å²) < 4.78 is 10.1. The van der Waals surface area contributed by atoms with Gasteiger partial charge in [-0.15, -0.1) is 0 Å². The molecule has 2 rings (SSSR count). The molecular formula is C16H18N2O4. The van der Waals surface area contributed by atoms with E-state index in [4.69, 9.17) is 9.26 Å². The molecule has 0 bridgehead atoms. The summed E-state index contributed by atoms with van der Waals surface area (Å²) in [5.74, 6) is -0.0773. The predicted octanol–water partition coefficient (Wildman–Crippen LogP) is 2.87. The van der Waals surface area contributed by atoms with E-state index in [1.165, 1.54) is 0 Å². The monoisotopic (exact) mass is 302 g/mol. The Balaban J connectivity index is 2.02. The van der Waals surface area contributed by atoms with Gasteiger partial charge in [0.25, 0.3) is 5.91 Å². The van der Waals surface area contributed by atoms with Crippen molar-refractivity contribution in [2.75, 3.05) is 5.32 Å². The molecule has 1 heterocycles. The molecule has 0 unspecified atom stereocenters. The van der Waals surface area contributed by atoms with Crippen LogP contribution in [0.1, 0.15) is 35.0 Å². The van der Waals surface area contributed by atoms with Crippen LogP contribution in [0.25, 0.3) is 0 Å². The van der Waals surface area contributed by atoms with Gasteiger partial charge in [0.1, 0.15) is 5.76 Å². The van der Waals surface area contributed by atoms with E-state index in [2.05, 4.69) is 10.5 Å². The molecule has 1 aromatic carbocycles. The standard InChI is InChI=1S/C16H18N2O4/c1-4-13(15(19)17-14-9-11(3)22-18-14)21-16(20)12-7-5-6-10(2)8-12/h5-9,13H,4H2,1-3H3,(H,17,18,19)/t13-/m1/s1. The van der Waals surface area contributed by atoms with Crippen LogP contribution in [-0.4, -0.2) is 23.1 Å². The van der Waals surface area contributed by atoms with Crippen molar-refractivity contribution in [1.82, 2.24) is 5.16 Å². The van der Waals surface area contributed by atoms with Crippen LogP contribution in [0.2, 0.25) is 0 Å². The number of nitrogens with one attached hydrogen (secondary N) is 1. The first-order chi connectivity index (χ1) is 10.5. The van der Waals surface area contributed by atoms with E-state index in [-0.39, 0.29) is 0 Å². The summed E-state index contributed by atoms with van der Waals surface area (Å²) in [6, 6.07) is 8.61. The second-order valence-corrected chi connectivity index (χ2v) is 4.98. The van der Waals surface area contributed by atoms with Gasteiger partial charge in [0.15, 0.2) is 11.9 Å². The van der Waals surface area contributed by atoms with Crippen molar-refractivity contribution in [1.29, 1.82) is 0 Å². The fourth-order valence-electron chi connectivity index (χ4n) is 1.92. The number of aryl methyl sites for hydroxylation is 2. The zero-order valence-electron chi connectivity index (χ0n) is 12.8. The van der Waals surface area contributed by atoms with Gasteiger partial charge in [-0.05, 0) is 32.4 Å². The molecule has 0 saturated carbocycles. The van der Waals surface area contributed by atoms with Crippen LogP contribution in [0.3, 0.4) is 0 Å². The van der Waals surface area contributed by atoms with Crippen LogP contribution in [0.4, 0.5) is 5.82 Å². The lowest BCUT2D eigenvalue weighted by molar-refractivity contribution is -0.124. The lowest BCUT2D eigenvalue weighted by Gasteiger charge is -2.15. The highest BCUT2D eigenvalue weighted by Crippen LogP contribution is 2.12. The minimum Gasteiger partial charge on any atom is -0.449 e. The first-order valence-corrected chi connectivity index (χ1v) is 7.01. The van der Waals surface area contributed by atoms with E-state index < -0.39 is 18.0 Å². The SMILES string of the molecule is CC[C@@H](OC(=O)c1cccc(C)c1)C(=O)Nc1cc(C)on1. The third-order valence-electron chi connectivity index (χ3n) is 3.05. The number of nitrogens with zero attached hydrogens (tertiary/aromatic N) is 1. The van der Waals surface area contributed by atoms with Crippen molar-refractivity contribution >= 4 is 17.7 Å². The Bertz CT molecular complexity index is 678. The van der Waals surface area contributed by atoms with E-state index in [1.54, 1.807) is 38.1 Å². The number of carbonyl (C=O) groups is 2. The van der Waals surface area contributed by atoms with Gasteiger partial charge in [-0.2, -0.15) is 0 Å². The average molecular weight is 302 g/mol. The summed E-state index contributed by atoms with van der Waals surface area (Å²) in [5.41, 5.74) is 1.37. The predicted molar refractivity (Wildman–Crippen MR) is 80.5 cm³/mol. The van der Waals surface area contributed by atoms with Gasteiger partial charge in [-0.3, -0.25) is 4.79 Å². The van der Waals surface area contributed by atoms with Gasteiger partial charge >= 0.3 is 5.97 Å². The molecule has 1 amide bonds. The topological polar surface area (TPSA) is 81.4 Å². The maximum Gasteiger partial charge on any atom is 0.338 e. The molecule has 1 aromatic heterocycles. The molecule has 1 atom stereocenters. The number of rotatable bonds is 5. The van der Waals surface area contributed by atoms with Gasteiger partial charge in [-0.25, -0.2) is 4.79 Å². The van der Waals surface area contributed by atoms with Crippen molar-refractivity contribution < 1.29 is 18.8 Å². The highest BCUT2D eigenvalue weighted by Gasteiger charge is 2.23. The Labute approximate surface area is 128 Å². The first kappa shape index (κ1) is 15.8. The molecule has 2 aromatic rings. The maximum absolute atomic E-state index is 12.1. The minimum absolute atomic E-state index is 0.299. The molecular weight excluding hydrogens is 284 g/mol. The summed E-state index contributed by atoms with van der Waals surface area (Å²) in [6.07, 6.45) is -0.523. The van der Waals surface area contributed by atoms with Crippen molar-refractivity contribution in [2.45, 2.75) is 33.3 Å². The Hall–Kier alpha value is -2.63. The Morgan fingerprint density at radius 2 is 2.09 bits per heavy atom. The largest absolute Gasteiger partial charge is 0.449 e. The normalized spacial score (nSPS) is 11.8. The van der Waals surface area contributed by atoms with Crippen LogP contribution < -0.4 is 5.32 Å². The second kappa shape index (κ2) is 6.89. The highest BCUT2D eigenvalue weighted by molar-refractivity contribution is 5.97. The smallest absolute Gasteiger partial charge is 0.338 e. The van der Waals surface area contributed by atoms with Crippen LogP contribution >= 0.6 is 0 Å². The lowest BCUT2D eigenvalue weighted by Crippen LogP contribution is -2.32. The fraction of sp³-hybridized carbons (Fsp3) is 0.312. The number of hydrogen-bond acceptors (Lipinski definition) is 5. The van der Waals surface area contributed by atoms with E-state index in [0.717, 1.165) is 5.56 Å². The highest BCUT2D eigenvalue weighted by atomic mass is 16.5. The number of benzene rings is 1. The number of anilines is 1. The molecule has 1 N–H and O–H groups in total. The summed E-state index contributed by atoms with van der Waals surface area (Å²) in [5, 5.41) is 6.23. The summed E-state index contributed by atoms with van der Waals surface area (Å²) in [7, 11) is 0. The van der Waals surface area contributed by atoms with Gasteiger partial charge in [0, 0.05) is 6.07 Å². The lowest BCUT2D eigenvalue weighted by atomic mass is 10.1. The molecule has 0 aliphatic carbocycles. The quantitative estimate of drug-likeness (QED) is 0.859. The van der Waals surface area contributed by atoms with E-state index in [1.807, 2.05) is 13.0 Å². The second-order valence-electron chi connectivity index (χ2n) is 4.98. The third-order valence-corrected chi connectivity index (χ3v) is 3.05. The molecule has 6 heteroatoms.